The second-order valence-electron chi connectivity index (χ2n) is 3.17. The fourth-order valence-corrected chi connectivity index (χ4v) is 0.832. The Hall–Kier alpha value is -1.85. The highest BCUT2D eigenvalue weighted by molar-refractivity contribution is 5.93. The summed E-state index contributed by atoms with van der Waals surface area (Å²) in [7, 11) is 4.30. The van der Waals surface area contributed by atoms with Crippen LogP contribution in [-0.2, 0) is 23.9 Å². The van der Waals surface area contributed by atoms with Crippen molar-refractivity contribution in [1.29, 1.82) is 0 Å². The SMILES string of the molecule is COC(=O)/C=C/C(=O)OC(C)C(=O)N(C)C. The van der Waals surface area contributed by atoms with Crippen molar-refractivity contribution in [2.24, 2.45) is 0 Å². The first kappa shape index (κ1) is 14.2. The molecule has 0 N–H and O–H groups in total. The highest BCUT2D eigenvalue weighted by atomic mass is 16.5. The van der Waals surface area contributed by atoms with E-state index in [1.165, 1.54) is 18.9 Å². The second kappa shape index (κ2) is 6.60. The van der Waals surface area contributed by atoms with E-state index in [1.54, 1.807) is 14.1 Å². The fourth-order valence-electron chi connectivity index (χ4n) is 0.832. The summed E-state index contributed by atoms with van der Waals surface area (Å²) in [5.74, 6) is -1.77. The first-order chi connectivity index (χ1) is 7.38. The predicted molar refractivity (Wildman–Crippen MR) is 55.4 cm³/mol. The van der Waals surface area contributed by atoms with Gasteiger partial charge in [-0.3, -0.25) is 4.79 Å². The molecule has 0 aromatic heterocycles. The Morgan fingerprint density at radius 2 is 1.62 bits per heavy atom. The number of hydrogen-bond acceptors (Lipinski definition) is 5. The lowest BCUT2D eigenvalue weighted by Crippen LogP contribution is -2.34. The van der Waals surface area contributed by atoms with Gasteiger partial charge in [0.25, 0.3) is 5.91 Å². The molecule has 90 valence electrons. The van der Waals surface area contributed by atoms with Gasteiger partial charge in [-0.15, -0.1) is 0 Å². The predicted octanol–water partition coefficient (Wildman–Crippen LogP) is -0.265. The van der Waals surface area contributed by atoms with Gasteiger partial charge in [0, 0.05) is 26.2 Å². The molecule has 0 aliphatic carbocycles. The smallest absolute Gasteiger partial charge is 0.331 e. The van der Waals surface area contributed by atoms with Crippen LogP contribution in [0.1, 0.15) is 6.92 Å². The van der Waals surface area contributed by atoms with E-state index in [4.69, 9.17) is 4.74 Å². The molecule has 0 bridgehead atoms. The van der Waals surface area contributed by atoms with Crippen LogP contribution in [0.15, 0.2) is 12.2 Å². The molecule has 0 heterocycles. The van der Waals surface area contributed by atoms with E-state index in [-0.39, 0.29) is 5.91 Å². The van der Waals surface area contributed by atoms with Crippen LogP contribution in [0.25, 0.3) is 0 Å². The number of carbonyl (C=O) groups is 3. The summed E-state index contributed by atoms with van der Waals surface area (Å²) >= 11 is 0. The standard InChI is InChI=1S/C10H15NO5/c1-7(10(14)11(2)3)16-9(13)6-5-8(12)15-4/h5-7H,1-4H3/b6-5+. The molecule has 0 radical (unpaired) electrons. The number of amides is 1. The Kier molecular flexibility index (Phi) is 5.84. The molecule has 6 heteroatoms. The van der Waals surface area contributed by atoms with Crippen molar-refractivity contribution in [1.82, 2.24) is 4.90 Å². The maximum absolute atomic E-state index is 11.3. The molecular formula is C10H15NO5. The minimum Gasteiger partial charge on any atom is -0.466 e. The van der Waals surface area contributed by atoms with Crippen LogP contribution in [0.4, 0.5) is 0 Å². The lowest BCUT2D eigenvalue weighted by molar-refractivity contribution is -0.154. The van der Waals surface area contributed by atoms with Crippen LogP contribution in [-0.4, -0.2) is 50.1 Å². The van der Waals surface area contributed by atoms with E-state index in [0.29, 0.717) is 0 Å². The minimum absolute atomic E-state index is 0.334. The van der Waals surface area contributed by atoms with Gasteiger partial charge in [0.1, 0.15) is 0 Å². The van der Waals surface area contributed by atoms with Crippen LogP contribution in [0.5, 0.6) is 0 Å². The van der Waals surface area contributed by atoms with Crippen LogP contribution in [0, 0.1) is 0 Å². The van der Waals surface area contributed by atoms with Crippen LogP contribution in [0.3, 0.4) is 0 Å². The molecule has 0 saturated carbocycles. The zero-order chi connectivity index (χ0) is 12.7. The Morgan fingerprint density at radius 1 is 1.12 bits per heavy atom. The quantitative estimate of drug-likeness (QED) is 0.490. The lowest BCUT2D eigenvalue weighted by Gasteiger charge is -2.16. The average molecular weight is 229 g/mol. The second-order valence-corrected chi connectivity index (χ2v) is 3.17. The van der Waals surface area contributed by atoms with E-state index in [1.807, 2.05) is 0 Å². The summed E-state index contributed by atoms with van der Waals surface area (Å²) in [6.45, 7) is 1.45. The van der Waals surface area contributed by atoms with Crippen LogP contribution < -0.4 is 0 Å². The van der Waals surface area contributed by atoms with E-state index in [9.17, 15) is 14.4 Å². The van der Waals surface area contributed by atoms with Crippen molar-refractivity contribution in [3.05, 3.63) is 12.2 Å². The lowest BCUT2D eigenvalue weighted by atomic mass is 10.3. The van der Waals surface area contributed by atoms with Crippen molar-refractivity contribution >= 4 is 17.8 Å². The molecule has 0 rings (SSSR count). The normalized spacial score (nSPS) is 12.0. The third-order valence-electron chi connectivity index (χ3n) is 1.64. The van der Waals surface area contributed by atoms with Gasteiger partial charge in [0.05, 0.1) is 7.11 Å². The maximum Gasteiger partial charge on any atom is 0.331 e. The molecule has 1 atom stereocenters. The zero-order valence-electron chi connectivity index (χ0n) is 9.72. The summed E-state index contributed by atoms with van der Waals surface area (Å²) in [4.78, 5) is 34.4. The van der Waals surface area contributed by atoms with Gasteiger partial charge in [0.15, 0.2) is 6.10 Å². The van der Waals surface area contributed by atoms with E-state index >= 15 is 0 Å². The van der Waals surface area contributed by atoms with Gasteiger partial charge < -0.3 is 14.4 Å². The van der Waals surface area contributed by atoms with Gasteiger partial charge in [-0.25, -0.2) is 9.59 Å². The van der Waals surface area contributed by atoms with Crippen LogP contribution in [0.2, 0.25) is 0 Å². The maximum atomic E-state index is 11.3. The summed E-state index contributed by atoms with van der Waals surface area (Å²) in [5, 5.41) is 0. The Balaban J connectivity index is 4.20. The van der Waals surface area contributed by atoms with Gasteiger partial charge in [0.2, 0.25) is 0 Å². The number of carbonyl (C=O) groups excluding carboxylic acids is 3. The molecule has 0 aromatic rings. The number of esters is 2. The minimum atomic E-state index is -0.884. The van der Waals surface area contributed by atoms with Crippen molar-refractivity contribution < 1.29 is 23.9 Å². The zero-order valence-corrected chi connectivity index (χ0v) is 9.72. The molecule has 16 heavy (non-hydrogen) atoms. The summed E-state index contributed by atoms with van der Waals surface area (Å²) in [6.07, 6.45) is 0.949. The van der Waals surface area contributed by atoms with Crippen LogP contribution >= 0.6 is 0 Å². The van der Waals surface area contributed by atoms with Gasteiger partial charge in [-0.2, -0.15) is 0 Å². The molecule has 0 fully saturated rings. The third-order valence-corrected chi connectivity index (χ3v) is 1.64. The summed E-state index contributed by atoms with van der Waals surface area (Å²) in [6, 6.07) is 0. The van der Waals surface area contributed by atoms with Crippen molar-refractivity contribution in [3.8, 4) is 0 Å². The number of rotatable bonds is 4. The Labute approximate surface area is 93.8 Å². The fraction of sp³-hybridized carbons (Fsp3) is 0.500. The molecule has 0 aliphatic heterocycles. The monoisotopic (exact) mass is 229 g/mol. The summed E-state index contributed by atoms with van der Waals surface area (Å²) in [5.41, 5.74) is 0. The van der Waals surface area contributed by atoms with Crippen molar-refractivity contribution in [2.75, 3.05) is 21.2 Å². The highest BCUT2D eigenvalue weighted by Gasteiger charge is 2.17. The molecular weight excluding hydrogens is 214 g/mol. The molecule has 0 saturated heterocycles. The topological polar surface area (TPSA) is 72.9 Å². The number of methoxy groups -OCH3 is 1. The summed E-state index contributed by atoms with van der Waals surface area (Å²) < 4.78 is 9.03. The number of nitrogens with zero attached hydrogens (tertiary/aromatic N) is 1. The molecule has 6 nitrogen and oxygen atoms in total. The molecule has 0 spiro atoms. The van der Waals surface area contributed by atoms with Crippen molar-refractivity contribution in [3.63, 3.8) is 0 Å². The largest absolute Gasteiger partial charge is 0.466 e. The number of likely N-dealkylation sites (N-methyl/N-ethyl adjacent to an activating group) is 1. The molecule has 0 aliphatic rings. The first-order valence-electron chi connectivity index (χ1n) is 4.56. The van der Waals surface area contributed by atoms with E-state index in [0.717, 1.165) is 12.2 Å². The van der Waals surface area contributed by atoms with E-state index < -0.39 is 18.0 Å². The number of hydrogen-bond donors (Lipinski definition) is 0. The average Bonchev–Trinajstić information content (AvgIpc) is 2.24. The Morgan fingerprint density at radius 3 is 2.06 bits per heavy atom. The van der Waals surface area contributed by atoms with E-state index in [2.05, 4.69) is 4.74 Å². The first-order valence-corrected chi connectivity index (χ1v) is 4.56. The van der Waals surface area contributed by atoms with Gasteiger partial charge >= 0.3 is 11.9 Å². The molecule has 1 amide bonds. The third kappa shape index (κ3) is 5.14. The number of ether oxygens (including phenoxy) is 2. The highest BCUT2D eigenvalue weighted by Crippen LogP contribution is 1.97. The molecule has 1 unspecified atom stereocenters. The van der Waals surface area contributed by atoms with Gasteiger partial charge in [-0.05, 0) is 6.92 Å². The van der Waals surface area contributed by atoms with Gasteiger partial charge in [-0.1, -0.05) is 0 Å². The molecule has 0 aromatic carbocycles. The Bertz CT molecular complexity index is 308. The van der Waals surface area contributed by atoms with Crippen molar-refractivity contribution in [2.45, 2.75) is 13.0 Å².